The molecule has 28 heavy (non-hydrogen) atoms. The Bertz CT molecular complexity index is 999. The van der Waals surface area contributed by atoms with E-state index in [1.807, 2.05) is 6.92 Å². The maximum absolute atomic E-state index is 13.0. The highest BCUT2D eigenvalue weighted by molar-refractivity contribution is 5.93. The van der Waals surface area contributed by atoms with Crippen LogP contribution in [0.5, 0.6) is 0 Å². The second-order valence-electron chi connectivity index (χ2n) is 6.28. The van der Waals surface area contributed by atoms with Gasteiger partial charge in [0.05, 0.1) is 0 Å². The lowest BCUT2D eigenvalue weighted by molar-refractivity contribution is -0.116. The zero-order valence-corrected chi connectivity index (χ0v) is 15.5. The molecule has 0 spiro atoms. The second kappa shape index (κ2) is 8.43. The third-order valence-electron chi connectivity index (χ3n) is 3.96. The molecule has 2 N–H and O–H groups in total. The number of aryl methyl sites for hydroxylation is 2. The summed E-state index contributed by atoms with van der Waals surface area (Å²) in [5, 5.41) is 9.36. The summed E-state index contributed by atoms with van der Waals surface area (Å²) in [6, 6.07) is 11.0. The molecule has 8 heteroatoms. The van der Waals surface area contributed by atoms with Gasteiger partial charge in [0.2, 0.25) is 23.5 Å². The Labute approximate surface area is 161 Å². The van der Waals surface area contributed by atoms with Crippen LogP contribution in [0.3, 0.4) is 0 Å². The zero-order chi connectivity index (χ0) is 20.1. The highest BCUT2D eigenvalue weighted by Gasteiger charge is 2.11. The monoisotopic (exact) mass is 382 g/mol. The van der Waals surface area contributed by atoms with Crippen LogP contribution in [-0.4, -0.2) is 22.0 Å². The molecule has 7 nitrogen and oxygen atoms in total. The van der Waals surface area contributed by atoms with E-state index < -0.39 is 0 Å². The third-order valence-corrected chi connectivity index (χ3v) is 3.96. The van der Waals surface area contributed by atoms with Gasteiger partial charge in [-0.2, -0.15) is 4.98 Å². The molecule has 144 valence electrons. The van der Waals surface area contributed by atoms with Crippen LogP contribution in [0.4, 0.5) is 15.8 Å². The highest BCUT2D eigenvalue weighted by atomic mass is 19.1. The van der Waals surface area contributed by atoms with E-state index in [1.165, 1.54) is 19.1 Å². The van der Waals surface area contributed by atoms with Crippen LogP contribution in [0.15, 0.2) is 47.0 Å². The molecule has 0 saturated heterocycles. The number of hydrogen-bond acceptors (Lipinski definition) is 5. The molecular formula is C20H19FN4O3. The average molecular weight is 382 g/mol. The molecule has 1 heterocycles. The van der Waals surface area contributed by atoms with E-state index in [1.54, 1.807) is 30.3 Å². The summed E-state index contributed by atoms with van der Waals surface area (Å²) >= 11 is 0. The number of benzene rings is 2. The van der Waals surface area contributed by atoms with Crippen LogP contribution in [0.2, 0.25) is 0 Å². The number of aromatic nitrogens is 2. The van der Waals surface area contributed by atoms with Crippen LogP contribution in [-0.2, 0) is 16.0 Å². The highest BCUT2D eigenvalue weighted by Crippen LogP contribution is 2.20. The van der Waals surface area contributed by atoms with Crippen LogP contribution in [0.25, 0.3) is 11.4 Å². The molecule has 2 aromatic carbocycles. The first-order valence-corrected chi connectivity index (χ1v) is 8.67. The summed E-state index contributed by atoms with van der Waals surface area (Å²) in [5.41, 5.74) is 2.81. The lowest BCUT2D eigenvalue weighted by Crippen LogP contribution is -2.13. The van der Waals surface area contributed by atoms with Gasteiger partial charge in [-0.25, -0.2) is 4.39 Å². The van der Waals surface area contributed by atoms with E-state index in [9.17, 15) is 14.0 Å². The Morgan fingerprint density at radius 2 is 1.86 bits per heavy atom. The van der Waals surface area contributed by atoms with Crippen molar-refractivity contribution in [1.29, 1.82) is 0 Å². The molecule has 0 saturated carbocycles. The van der Waals surface area contributed by atoms with Crippen molar-refractivity contribution in [3.05, 3.63) is 59.7 Å². The Balaban J connectivity index is 1.55. The van der Waals surface area contributed by atoms with Gasteiger partial charge in [0.1, 0.15) is 5.82 Å². The molecule has 3 aromatic rings. The summed E-state index contributed by atoms with van der Waals surface area (Å²) in [4.78, 5) is 27.5. The topological polar surface area (TPSA) is 97.1 Å². The van der Waals surface area contributed by atoms with Crippen molar-refractivity contribution in [2.75, 3.05) is 10.6 Å². The van der Waals surface area contributed by atoms with Gasteiger partial charge in [-0.3, -0.25) is 9.59 Å². The van der Waals surface area contributed by atoms with Gasteiger partial charge in [-0.15, -0.1) is 0 Å². The average Bonchev–Trinajstić information content (AvgIpc) is 3.12. The maximum Gasteiger partial charge on any atom is 0.227 e. The minimum atomic E-state index is -0.343. The molecule has 0 bridgehead atoms. The third kappa shape index (κ3) is 5.00. The van der Waals surface area contributed by atoms with Gasteiger partial charge >= 0.3 is 0 Å². The molecule has 0 aliphatic heterocycles. The first kappa shape index (κ1) is 19.2. The summed E-state index contributed by atoms with van der Waals surface area (Å²) in [5.74, 6) is -0.0246. The largest absolute Gasteiger partial charge is 0.339 e. The summed E-state index contributed by atoms with van der Waals surface area (Å²) < 4.78 is 18.1. The van der Waals surface area contributed by atoms with Gasteiger partial charge in [-0.1, -0.05) is 5.16 Å². The Morgan fingerprint density at radius 3 is 2.54 bits per heavy atom. The van der Waals surface area contributed by atoms with Crippen molar-refractivity contribution >= 4 is 23.2 Å². The lowest BCUT2D eigenvalue weighted by atomic mass is 10.1. The van der Waals surface area contributed by atoms with Gasteiger partial charge in [-0.05, 0) is 55.0 Å². The SMILES string of the molecule is CC(=O)Nc1ccc(NC(=O)CCc2nc(-c3ccc(F)cc3)no2)cc1C. The predicted molar refractivity (Wildman–Crippen MR) is 102 cm³/mol. The van der Waals surface area contributed by atoms with E-state index in [-0.39, 0.29) is 30.5 Å². The zero-order valence-electron chi connectivity index (χ0n) is 15.5. The molecule has 0 radical (unpaired) electrons. The summed E-state index contributed by atoms with van der Waals surface area (Å²) in [6.45, 7) is 3.28. The minimum Gasteiger partial charge on any atom is -0.339 e. The van der Waals surface area contributed by atoms with E-state index in [2.05, 4.69) is 20.8 Å². The Morgan fingerprint density at radius 1 is 1.11 bits per heavy atom. The number of hydrogen-bond donors (Lipinski definition) is 2. The number of nitrogens with one attached hydrogen (secondary N) is 2. The molecule has 1 aromatic heterocycles. The van der Waals surface area contributed by atoms with Gasteiger partial charge in [0, 0.05) is 36.7 Å². The van der Waals surface area contributed by atoms with E-state index in [0.29, 0.717) is 28.7 Å². The van der Waals surface area contributed by atoms with Crippen LogP contribution >= 0.6 is 0 Å². The number of amides is 2. The smallest absolute Gasteiger partial charge is 0.227 e. The quantitative estimate of drug-likeness (QED) is 0.677. The molecule has 0 aliphatic rings. The van der Waals surface area contributed by atoms with Gasteiger partial charge in [0.15, 0.2) is 0 Å². The lowest BCUT2D eigenvalue weighted by Gasteiger charge is -2.10. The number of carbonyl (C=O) groups excluding carboxylic acids is 2. The first-order valence-electron chi connectivity index (χ1n) is 8.67. The van der Waals surface area contributed by atoms with Crippen LogP contribution in [0, 0.1) is 12.7 Å². The number of halogens is 1. The van der Waals surface area contributed by atoms with Crippen molar-refractivity contribution < 1.29 is 18.5 Å². The van der Waals surface area contributed by atoms with Crippen molar-refractivity contribution in [2.45, 2.75) is 26.7 Å². The van der Waals surface area contributed by atoms with Crippen LogP contribution in [0.1, 0.15) is 24.8 Å². The molecule has 0 atom stereocenters. The molecule has 0 aliphatic carbocycles. The fraction of sp³-hybridized carbons (Fsp3) is 0.200. The first-order chi connectivity index (χ1) is 13.4. The fourth-order valence-electron chi connectivity index (χ4n) is 2.59. The minimum absolute atomic E-state index is 0.153. The molecular weight excluding hydrogens is 363 g/mol. The standard InChI is InChI=1S/C20H19FN4O3/c1-12-11-16(7-8-17(12)22-13(2)26)23-18(27)9-10-19-24-20(25-28-19)14-3-5-15(21)6-4-14/h3-8,11H,9-10H2,1-2H3,(H,22,26)(H,23,27). The van der Waals surface area contributed by atoms with Crippen LogP contribution < -0.4 is 10.6 Å². The number of carbonyl (C=O) groups is 2. The van der Waals surface area contributed by atoms with E-state index in [0.717, 1.165) is 5.56 Å². The Hall–Kier alpha value is -3.55. The molecule has 0 fully saturated rings. The fourth-order valence-corrected chi connectivity index (χ4v) is 2.59. The van der Waals surface area contributed by atoms with Crippen molar-refractivity contribution in [1.82, 2.24) is 10.1 Å². The molecule has 2 amide bonds. The summed E-state index contributed by atoms with van der Waals surface area (Å²) in [7, 11) is 0. The van der Waals surface area contributed by atoms with Crippen molar-refractivity contribution in [3.8, 4) is 11.4 Å². The van der Waals surface area contributed by atoms with Crippen molar-refractivity contribution in [3.63, 3.8) is 0 Å². The predicted octanol–water partition coefficient (Wildman–Crippen LogP) is 3.71. The molecule has 0 unspecified atom stereocenters. The number of rotatable bonds is 6. The van der Waals surface area contributed by atoms with Gasteiger partial charge < -0.3 is 15.2 Å². The van der Waals surface area contributed by atoms with E-state index in [4.69, 9.17) is 4.52 Å². The number of nitrogens with zero attached hydrogens (tertiary/aromatic N) is 2. The normalized spacial score (nSPS) is 10.5. The second-order valence-corrected chi connectivity index (χ2v) is 6.28. The maximum atomic E-state index is 13.0. The summed E-state index contributed by atoms with van der Waals surface area (Å²) in [6.07, 6.45) is 0.445. The van der Waals surface area contributed by atoms with Crippen molar-refractivity contribution in [2.24, 2.45) is 0 Å². The van der Waals surface area contributed by atoms with Gasteiger partial charge in [0.25, 0.3) is 0 Å². The Kier molecular flexibility index (Phi) is 5.78. The molecule has 3 rings (SSSR count). The van der Waals surface area contributed by atoms with E-state index >= 15 is 0 Å². The number of anilines is 2.